The Bertz CT molecular complexity index is 741. The van der Waals surface area contributed by atoms with E-state index in [1.807, 2.05) is 0 Å². The number of rotatable bonds is 4. The molecule has 2 rings (SSSR count). The average molecular weight is 312 g/mol. The molecule has 5 N–H and O–H groups in total. The molecule has 118 valence electrons. The van der Waals surface area contributed by atoms with Gasteiger partial charge in [-0.05, 0) is 42.5 Å². The third kappa shape index (κ3) is 4.85. The molecular formula is C16H16N4O3. The SMILES string of the molecule is CC(=O)Nc1cccc(C(=O)Nc2ccc(NC(N)=O)cc2)c1. The molecule has 0 saturated heterocycles. The fourth-order valence-electron chi connectivity index (χ4n) is 1.92. The molecule has 0 fully saturated rings. The van der Waals surface area contributed by atoms with Gasteiger partial charge in [-0.3, -0.25) is 9.59 Å². The summed E-state index contributed by atoms with van der Waals surface area (Å²) in [6, 6.07) is 12.5. The summed E-state index contributed by atoms with van der Waals surface area (Å²) in [6.45, 7) is 1.40. The van der Waals surface area contributed by atoms with E-state index >= 15 is 0 Å². The van der Waals surface area contributed by atoms with Crippen molar-refractivity contribution in [3.8, 4) is 0 Å². The van der Waals surface area contributed by atoms with Crippen LogP contribution >= 0.6 is 0 Å². The Labute approximate surface area is 132 Å². The maximum Gasteiger partial charge on any atom is 0.316 e. The summed E-state index contributed by atoms with van der Waals surface area (Å²) in [4.78, 5) is 34.0. The van der Waals surface area contributed by atoms with Crippen LogP contribution in [-0.2, 0) is 4.79 Å². The monoisotopic (exact) mass is 312 g/mol. The Morgan fingerprint density at radius 1 is 0.826 bits per heavy atom. The van der Waals surface area contributed by atoms with Crippen LogP contribution in [0.3, 0.4) is 0 Å². The molecule has 23 heavy (non-hydrogen) atoms. The van der Waals surface area contributed by atoms with Gasteiger partial charge in [-0.25, -0.2) is 4.79 Å². The number of hydrogen-bond donors (Lipinski definition) is 4. The van der Waals surface area contributed by atoms with Gasteiger partial charge in [-0.2, -0.15) is 0 Å². The van der Waals surface area contributed by atoms with Crippen LogP contribution in [0.15, 0.2) is 48.5 Å². The summed E-state index contributed by atoms with van der Waals surface area (Å²) < 4.78 is 0. The van der Waals surface area contributed by atoms with E-state index in [9.17, 15) is 14.4 Å². The second kappa shape index (κ2) is 7.08. The van der Waals surface area contributed by atoms with E-state index in [1.165, 1.54) is 6.92 Å². The Balaban J connectivity index is 2.06. The van der Waals surface area contributed by atoms with Gasteiger partial charge in [0.25, 0.3) is 5.91 Å². The number of amides is 4. The zero-order chi connectivity index (χ0) is 16.8. The van der Waals surface area contributed by atoms with Gasteiger partial charge < -0.3 is 21.7 Å². The van der Waals surface area contributed by atoms with Crippen LogP contribution in [-0.4, -0.2) is 17.8 Å². The highest BCUT2D eigenvalue weighted by atomic mass is 16.2. The quantitative estimate of drug-likeness (QED) is 0.695. The predicted molar refractivity (Wildman–Crippen MR) is 88.3 cm³/mol. The zero-order valence-electron chi connectivity index (χ0n) is 12.4. The van der Waals surface area contributed by atoms with Gasteiger partial charge in [0.1, 0.15) is 0 Å². The van der Waals surface area contributed by atoms with E-state index in [-0.39, 0.29) is 11.8 Å². The van der Waals surface area contributed by atoms with Crippen molar-refractivity contribution in [3.63, 3.8) is 0 Å². The molecule has 7 nitrogen and oxygen atoms in total. The number of carbonyl (C=O) groups is 3. The second-order valence-electron chi connectivity index (χ2n) is 4.78. The number of nitrogens with one attached hydrogen (secondary N) is 3. The van der Waals surface area contributed by atoms with Crippen LogP contribution in [0.4, 0.5) is 21.9 Å². The van der Waals surface area contributed by atoms with Gasteiger partial charge in [0.05, 0.1) is 0 Å². The van der Waals surface area contributed by atoms with E-state index in [2.05, 4.69) is 16.0 Å². The lowest BCUT2D eigenvalue weighted by Crippen LogP contribution is -2.19. The van der Waals surface area contributed by atoms with Gasteiger partial charge in [0.15, 0.2) is 0 Å². The first-order valence-electron chi connectivity index (χ1n) is 6.79. The summed E-state index contributed by atoms with van der Waals surface area (Å²) in [6.07, 6.45) is 0. The van der Waals surface area contributed by atoms with Crippen molar-refractivity contribution in [1.82, 2.24) is 0 Å². The van der Waals surface area contributed by atoms with E-state index in [0.29, 0.717) is 22.6 Å². The fourth-order valence-corrected chi connectivity index (χ4v) is 1.92. The van der Waals surface area contributed by atoms with Crippen molar-refractivity contribution in [2.24, 2.45) is 5.73 Å². The van der Waals surface area contributed by atoms with E-state index in [1.54, 1.807) is 48.5 Å². The number of anilines is 3. The molecule has 0 unspecified atom stereocenters. The standard InChI is InChI=1S/C16H16N4O3/c1-10(21)18-14-4-2-3-11(9-14)15(22)19-12-5-7-13(8-6-12)20-16(17)23/h2-9H,1H3,(H,18,21)(H,19,22)(H3,17,20,23). The highest BCUT2D eigenvalue weighted by molar-refractivity contribution is 6.05. The molecule has 0 aromatic heterocycles. The summed E-state index contributed by atoms with van der Waals surface area (Å²) >= 11 is 0. The highest BCUT2D eigenvalue weighted by Crippen LogP contribution is 2.16. The Hall–Kier alpha value is -3.35. The Kier molecular flexibility index (Phi) is 4.93. The van der Waals surface area contributed by atoms with E-state index in [0.717, 1.165) is 0 Å². The summed E-state index contributed by atoms with van der Waals surface area (Å²) in [5.74, 6) is -0.520. The van der Waals surface area contributed by atoms with Crippen molar-refractivity contribution in [2.75, 3.05) is 16.0 Å². The van der Waals surface area contributed by atoms with Crippen molar-refractivity contribution in [2.45, 2.75) is 6.92 Å². The average Bonchev–Trinajstić information content (AvgIpc) is 2.48. The van der Waals surface area contributed by atoms with Crippen LogP contribution in [0.5, 0.6) is 0 Å². The lowest BCUT2D eigenvalue weighted by molar-refractivity contribution is -0.114. The number of nitrogens with two attached hydrogens (primary N) is 1. The molecule has 0 bridgehead atoms. The minimum atomic E-state index is -0.656. The first-order valence-corrected chi connectivity index (χ1v) is 6.79. The van der Waals surface area contributed by atoms with Crippen molar-refractivity contribution in [1.29, 1.82) is 0 Å². The topological polar surface area (TPSA) is 113 Å². The molecule has 0 aliphatic heterocycles. The minimum Gasteiger partial charge on any atom is -0.351 e. The predicted octanol–water partition coefficient (Wildman–Crippen LogP) is 2.39. The molecule has 0 heterocycles. The van der Waals surface area contributed by atoms with E-state index in [4.69, 9.17) is 5.73 Å². The molecule has 0 radical (unpaired) electrons. The molecule has 4 amide bonds. The summed E-state index contributed by atoms with van der Waals surface area (Å²) in [5, 5.41) is 7.77. The maximum atomic E-state index is 12.2. The summed E-state index contributed by atoms with van der Waals surface area (Å²) in [7, 11) is 0. The first kappa shape index (κ1) is 16.0. The van der Waals surface area contributed by atoms with Gasteiger partial charge in [0.2, 0.25) is 5.91 Å². The number of hydrogen-bond acceptors (Lipinski definition) is 3. The molecular weight excluding hydrogens is 296 g/mol. The van der Waals surface area contributed by atoms with Crippen molar-refractivity contribution < 1.29 is 14.4 Å². The second-order valence-corrected chi connectivity index (χ2v) is 4.78. The van der Waals surface area contributed by atoms with Crippen LogP contribution in [0.1, 0.15) is 17.3 Å². The maximum absolute atomic E-state index is 12.2. The fraction of sp³-hybridized carbons (Fsp3) is 0.0625. The number of primary amides is 1. The highest BCUT2D eigenvalue weighted by Gasteiger charge is 2.07. The van der Waals surface area contributed by atoms with Crippen LogP contribution in [0.25, 0.3) is 0 Å². The first-order chi connectivity index (χ1) is 10.9. The lowest BCUT2D eigenvalue weighted by atomic mass is 10.1. The lowest BCUT2D eigenvalue weighted by Gasteiger charge is -2.08. The third-order valence-corrected chi connectivity index (χ3v) is 2.86. The van der Waals surface area contributed by atoms with Gasteiger partial charge >= 0.3 is 6.03 Å². The van der Waals surface area contributed by atoms with Crippen LogP contribution in [0, 0.1) is 0 Å². The summed E-state index contributed by atoms with van der Waals surface area (Å²) in [5.41, 5.74) is 7.07. The van der Waals surface area contributed by atoms with Gasteiger partial charge in [-0.15, -0.1) is 0 Å². The molecule has 0 saturated carbocycles. The number of carbonyl (C=O) groups excluding carboxylic acids is 3. The molecule has 7 heteroatoms. The Morgan fingerprint density at radius 3 is 2.00 bits per heavy atom. The molecule has 0 aliphatic carbocycles. The zero-order valence-corrected chi connectivity index (χ0v) is 12.4. The van der Waals surface area contributed by atoms with Gasteiger partial charge in [-0.1, -0.05) is 6.07 Å². The molecule has 2 aromatic rings. The Morgan fingerprint density at radius 2 is 1.43 bits per heavy atom. The molecule has 0 aliphatic rings. The van der Waals surface area contributed by atoms with E-state index < -0.39 is 6.03 Å². The number of urea groups is 1. The van der Waals surface area contributed by atoms with Crippen LogP contribution < -0.4 is 21.7 Å². The third-order valence-electron chi connectivity index (χ3n) is 2.86. The minimum absolute atomic E-state index is 0.208. The van der Waals surface area contributed by atoms with Crippen LogP contribution in [0.2, 0.25) is 0 Å². The van der Waals surface area contributed by atoms with Crippen molar-refractivity contribution >= 4 is 34.9 Å². The number of benzene rings is 2. The molecule has 2 aromatic carbocycles. The molecule has 0 atom stereocenters. The molecule has 0 spiro atoms. The normalized spacial score (nSPS) is 9.78. The largest absolute Gasteiger partial charge is 0.351 e. The van der Waals surface area contributed by atoms with Crippen molar-refractivity contribution in [3.05, 3.63) is 54.1 Å². The van der Waals surface area contributed by atoms with Gasteiger partial charge in [0, 0.05) is 29.5 Å². The smallest absolute Gasteiger partial charge is 0.316 e.